The first-order valence-corrected chi connectivity index (χ1v) is 7.56. The number of nitrogens with zero attached hydrogens (tertiary/aromatic N) is 1. The highest BCUT2D eigenvalue weighted by Crippen LogP contribution is 2.29. The van der Waals surface area contributed by atoms with E-state index >= 15 is 0 Å². The lowest BCUT2D eigenvalue weighted by atomic mass is 9.88. The van der Waals surface area contributed by atoms with Gasteiger partial charge in [-0.15, -0.1) is 0 Å². The minimum Gasteiger partial charge on any atom is -0.344 e. The molecule has 0 saturated heterocycles. The molecule has 3 rings (SSSR count). The zero-order valence-corrected chi connectivity index (χ0v) is 12.4. The van der Waals surface area contributed by atoms with Crippen LogP contribution in [0.1, 0.15) is 35.7 Å². The fraction of sp³-hybridized carbons (Fsp3) is 0.333. The molecule has 0 aliphatic heterocycles. The molecule has 1 atom stereocenters. The summed E-state index contributed by atoms with van der Waals surface area (Å²) in [4.78, 5) is 12.3. The highest BCUT2D eigenvalue weighted by atomic mass is 16.2. The van der Waals surface area contributed by atoms with Crippen LogP contribution in [0.25, 0.3) is 0 Å². The number of hydrogen-bond donors (Lipinski definition) is 1. The van der Waals surface area contributed by atoms with Crippen LogP contribution in [0, 0.1) is 6.92 Å². The van der Waals surface area contributed by atoms with Crippen LogP contribution in [0.15, 0.2) is 48.7 Å². The number of pyridine rings is 1. The summed E-state index contributed by atoms with van der Waals surface area (Å²) in [5, 5.41) is 3.19. The van der Waals surface area contributed by atoms with Gasteiger partial charge in [0.15, 0.2) is 11.9 Å². The van der Waals surface area contributed by atoms with Crippen molar-refractivity contribution in [2.24, 2.45) is 0 Å². The molecule has 1 heterocycles. The van der Waals surface area contributed by atoms with Gasteiger partial charge >= 0.3 is 0 Å². The third-order valence-electron chi connectivity index (χ3n) is 4.19. The Morgan fingerprint density at radius 1 is 1.24 bits per heavy atom. The van der Waals surface area contributed by atoms with Gasteiger partial charge in [0.2, 0.25) is 6.54 Å². The smallest absolute Gasteiger partial charge is 0.286 e. The maximum Gasteiger partial charge on any atom is 0.286 e. The average molecular weight is 281 g/mol. The summed E-state index contributed by atoms with van der Waals surface area (Å²) in [5.41, 5.74) is 3.75. The van der Waals surface area contributed by atoms with Gasteiger partial charge < -0.3 is 5.32 Å². The van der Waals surface area contributed by atoms with Gasteiger partial charge in [-0.05, 0) is 30.4 Å². The number of aromatic nitrogens is 1. The minimum absolute atomic E-state index is 0.0796. The van der Waals surface area contributed by atoms with Crippen molar-refractivity contribution in [1.29, 1.82) is 0 Å². The molecule has 0 bridgehead atoms. The number of benzene rings is 1. The van der Waals surface area contributed by atoms with Crippen molar-refractivity contribution in [3.63, 3.8) is 0 Å². The molecule has 0 fully saturated rings. The number of carbonyl (C=O) groups excluding carboxylic acids is 1. The van der Waals surface area contributed by atoms with Crippen LogP contribution in [0.5, 0.6) is 0 Å². The second kappa shape index (κ2) is 6.08. The highest BCUT2D eigenvalue weighted by Gasteiger charge is 2.22. The van der Waals surface area contributed by atoms with E-state index < -0.39 is 0 Å². The monoisotopic (exact) mass is 281 g/mol. The number of fused-ring (bicyclic) bond motifs is 1. The molecule has 0 unspecified atom stereocenters. The standard InChI is InChI=1S/C18H20N2O/c1-14-7-4-5-12-20(14)13-18(21)19-17-11-6-9-15-8-2-3-10-16(15)17/h2-5,7-8,10,12,17H,6,9,11,13H2,1H3/p+1/t17-/m0/s1. The van der Waals surface area contributed by atoms with Crippen LogP contribution in [-0.2, 0) is 17.8 Å². The molecule has 21 heavy (non-hydrogen) atoms. The third-order valence-corrected chi connectivity index (χ3v) is 4.19. The summed E-state index contributed by atoms with van der Waals surface area (Å²) in [5.74, 6) is 0.0796. The predicted octanol–water partition coefficient (Wildman–Crippen LogP) is 2.48. The van der Waals surface area contributed by atoms with Crippen LogP contribution in [-0.4, -0.2) is 5.91 Å². The summed E-state index contributed by atoms with van der Waals surface area (Å²) >= 11 is 0. The Labute approximate surface area is 125 Å². The average Bonchev–Trinajstić information content (AvgIpc) is 2.50. The van der Waals surface area contributed by atoms with E-state index in [1.807, 2.05) is 35.9 Å². The van der Waals surface area contributed by atoms with Crippen molar-refractivity contribution >= 4 is 5.91 Å². The molecule has 1 amide bonds. The molecule has 1 aliphatic rings. The Bertz CT molecular complexity index is 651. The van der Waals surface area contributed by atoms with Crippen molar-refractivity contribution in [1.82, 2.24) is 5.32 Å². The van der Waals surface area contributed by atoms with Gasteiger partial charge in [-0.3, -0.25) is 4.79 Å². The lowest BCUT2D eigenvalue weighted by Gasteiger charge is -2.25. The van der Waals surface area contributed by atoms with E-state index in [0.717, 1.165) is 25.0 Å². The van der Waals surface area contributed by atoms with Crippen molar-refractivity contribution in [2.75, 3.05) is 0 Å². The first-order valence-electron chi connectivity index (χ1n) is 7.56. The number of rotatable bonds is 3. The molecular formula is C18H21N2O+. The van der Waals surface area contributed by atoms with Crippen molar-refractivity contribution < 1.29 is 9.36 Å². The summed E-state index contributed by atoms with van der Waals surface area (Å²) in [6.45, 7) is 2.40. The maximum absolute atomic E-state index is 12.3. The van der Waals surface area contributed by atoms with Gasteiger partial charge in [0.1, 0.15) is 0 Å². The molecule has 1 aliphatic carbocycles. The maximum atomic E-state index is 12.3. The van der Waals surface area contributed by atoms with Gasteiger partial charge in [0, 0.05) is 19.1 Å². The number of hydrogen-bond acceptors (Lipinski definition) is 1. The first kappa shape index (κ1) is 13.8. The van der Waals surface area contributed by atoms with E-state index in [1.165, 1.54) is 11.1 Å². The molecule has 3 nitrogen and oxygen atoms in total. The zero-order valence-electron chi connectivity index (χ0n) is 12.4. The molecule has 1 N–H and O–H groups in total. The molecule has 3 heteroatoms. The molecule has 108 valence electrons. The number of aryl methyl sites for hydroxylation is 2. The topological polar surface area (TPSA) is 33.0 Å². The Kier molecular flexibility index (Phi) is 4.00. The Morgan fingerprint density at radius 3 is 2.90 bits per heavy atom. The summed E-state index contributed by atoms with van der Waals surface area (Å²) in [6.07, 6.45) is 5.24. The zero-order chi connectivity index (χ0) is 14.7. The van der Waals surface area contributed by atoms with E-state index in [1.54, 1.807) is 0 Å². The summed E-state index contributed by atoms with van der Waals surface area (Å²) in [7, 11) is 0. The third kappa shape index (κ3) is 3.13. The normalized spacial score (nSPS) is 17.1. The first-order chi connectivity index (χ1) is 10.2. The largest absolute Gasteiger partial charge is 0.344 e. The number of carbonyl (C=O) groups is 1. The fourth-order valence-electron chi connectivity index (χ4n) is 3.04. The van der Waals surface area contributed by atoms with Crippen molar-refractivity contribution in [3.05, 3.63) is 65.5 Å². The van der Waals surface area contributed by atoms with Crippen LogP contribution >= 0.6 is 0 Å². The van der Waals surface area contributed by atoms with Gasteiger partial charge in [0.05, 0.1) is 6.04 Å². The van der Waals surface area contributed by atoms with Gasteiger partial charge in [0.25, 0.3) is 5.91 Å². The van der Waals surface area contributed by atoms with Crippen molar-refractivity contribution in [2.45, 2.75) is 38.8 Å². The summed E-state index contributed by atoms with van der Waals surface area (Å²) < 4.78 is 1.98. The molecule has 0 radical (unpaired) electrons. The second-order valence-electron chi connectivity index (χ2n) is 5.68. The van der Waals surface area contributed by atoms with Crippen LogP contribution in [0.3, 0.4) is 0 Å². The van der Waals surface area contributed by atoms with Crippen LogP contribution < -0.4 is 9.88 Å². The Morgan fingerprint density at radius 2 is 2.05 bits per heavy atom. The molecular weight excluding hydrogens is 260 g/mol. The molecule has 1 aromatic carbocycles. The second-order valence-corrected chi connectivity index (χ2v) is 5.68. The molecule has 2 aromatic rings. The van der Waals surface area contributed by atoms with E-state index in [4.69, 9.17) is 0 Å². The SMILES string of the molecule is Cc1cccc[n+]1CC(=O)N[C@H]1CCCc2ccccc21. The fourth-order valence-corrected chi connectivity index (χ4v) is 3.04. The molecule has 0 saturated carbocycles. The number of nitrogens with one attached hydrogen (secondary N) is 1. The lowest BCUT2D eigenvalue weighted by molar-refractivity contribution is -0.690. The summed E-state index contributed by atoms with van der Waals surface area (Å²) in [6, 6.07) is 14.6. The van der Waals surface area contributed by atoms with Gasteiger partial charge in [-0.1, -0.05) is 30.3 Å². The quantitative estimate of drug-likeness (QED) is 0.861. The van der Waals surface area contributed by atoms with E-state index in [2.05, 4.69) is 29.6 Å². The van der Waals surface area contributed by atoms with E-state index in [0.29, 0.717) is 6.54 Å². The van der Waals surface area contributed by atoms with Gasteiger partial charge in [-0.2, -0.15) is 4.57 Å². The van der Waals surface area contributed by atoms with Crippen LogP contribution in [0.2, 0.25) is 0 Å². The molecule has 0 spiro atoms. The molecule has 1 aromatic heterocycles. The van der Waals surface area contributed by atoms with Gasteiger partial charge in [-0.25, -0.2) is 0 Å². The van der Waals surface area contributed by atoms with Crippen molar-refractivity contribution in [3.8, 4) is 0 Å². The minimum atomic E-state index is 0.0796. The highest BCUT2D eigenvalue weighted by molar-refractivity contribution is 5.75. The van der Waals surface area contributed by atoms with Crippen LogP contribution in [0.4, 0.5) is 0 Å². The van der Waals surface area contributed by atoms with E-state index in [9.17, 15) is 4.79 Å². The Balaban J connectivity index is 1.70. The van der Waals surface area contributed by atoms with E-state index in [-0.39, 0.29) is 11.9 Å². The number of amides is 1. The lowest BCUT2D eigenvalue weighted by Crippen LogP contribution is -2.45. The Hall–Kier alpha value is -2.16. The predicted molar refractivity (Wildman–Crippen MR) is 81.6 cm³/mol.